The van der Waals surface area contributed by atoms with Gasteiger partial charge in [-0.3, -0.25) is 9.59 Å². The zero-order valence-corrected chi connectivity index (χ0v) is 53.0. The summed E-state index contributed by atoms with van der Waals surface area (Å²) in [6.45, 7) is 4.99. The maximum absolute atomic E-state index is 13.7. The van der Waals surface area contributed by atoms with E-state index >= 15 is 0 Å². The fraction of sp³-hybridized carbons (Fsp3) is 0.415. The van der Waals surface area contributed by atoms with Crippen molar-refractivity contribution in [3.63, 3.8) is 0 Å². The van der Waals surface area contributed by atoms with Crippen molar-refractivity contribution in [3.05, 3.63) is 133 Å². The van der Waals surface area contributed by atoms with Gasteiger partial charge in [0.2, 0.25) is 11.9 Å². The molecular weight excluding hydrogens is 1170 g/mol. The Hall–Kier alpha value is -7.68. The third kappa shape index (κ3) is 19.2. The number of aliphatic carboxylic acids is 1. The Morgan fingerprint density at radius 3 is 1.28 bits per heavy atom. The Morgan fingerprint density at radius 2 is 0.899 bits per heavy atom. The van der Waals surface area contributed by atoms with E-state index in [1.165, 1.54) is 27.9 Å². The fourth-order valence-electron chi connectivity index (χ4n) is 10.7. The number of ether oxygens (including phenoxy) is 3. The Kier molecular flexibility index (Phi) is 25.7. The van der Waals surface area contributed by atoms with E-state index in [-0.39, 0.29) is 58.6 Å². The number of rotatable bonds is 28. The van der Waals surface area contributed by atoms with Crippen molar-refractivity contribution in [2.45, 2.75) is 164 Å². The SMILES string of the molecule is COC(=O)CCCCCCOc1ccc(Nc2nc(NC3CCCCC3)c3ccn(S(=O)(=O)c4ccc(C)cc4)c3n2)cc1.Cc1ccc(S(=O)(=O)n2ccc3c(NC4CCCCC4)nc(Nc4ccc(OCCCCCCC(=O)O)cc4)nc32)cc1.[Li+].[OH-]. The second-order valence-electron chi connectivity index (χ2n) is 22.4. The molecule has 2 aliphatic rings. The molecule has 10 rings (SSSR count). The zero-order valence-electron chi connectivity index (χ0n) is 51.3. The Morgan fingerprint density at radius 1 is 0.517 bits per heavy atom. The first-order chi connectivity index (χ1) is 42.1. The number of esters is 1. The third-order valence-corrected chi connectivity index (χ3v) is 19.0. The molecule has 0 amide bonds. The van der Waals surface area contributed by atoms with E-state index in [4.69, 9.17) is 24.5 Å². The molecule has 0 spiro atoms. The molecule has 2 aliphatic carbocycles. The van der Waals surface area contributed by atoms with Crippen molar-refractivity contribution >= 4 is 89.0 Å². The molecule has 21 nitrogen and oxygen atoms in total. The predicted molar refractivity (Wildman–Crippen MR) is 342 cm³/mol. The number of carbonyl (C=O) groups is 2. The number of carboxylic acid groups (broad SMARTS) is 1. The molecule has 0 saturated heterocycles. The molecular formula is C65H81LiN10O11S2. The number of carboxylic acids is 1. The van der Waals surface area contributed by atoms with E-state index in [9.17, 15) is 26.4 Å². The van der Waals surface area contributed by atoms with Crippen LogP contribution in [0.3, 0.4) is 0 Å². The van der Waals surface area contributed by atoms with Crippen LogP contribution in [0.25, 0.3) is 22.1 Å². The van der Waals surface area contributed by atoms with Gasteiger partial charge in [-0.1, -0.05) is 99.6 Å². The van der Waals surface area contributed by atoms with Gasteiger partial charge in [0.1, 0.15) is 23.1 Å². The zero-order chi connectivity index (χ0) is 61.2. The van der Waals surface area contributed by atoms with Gasteiger partial charge in [-0.2, -0.15) is 19.9 Å². The van der Waals surface area contributed by atoms with E-state index in [0.29, 0.717) is 71.7 Å². The van der Waals surface area contributed by atoms with E-state index in [1.54, 1.807) is 73.1 Å². The summed E-state index contributed by atoms with van der Waals surface area (Å²) in [5.41, 5.74) is 4.07. The molecule has 4 heterocycles. The van der Waals surface area contributed by atoms with Gasteiger partial charge in [0, 0.05) is 48.7 Å². The van der Waals surface area contributed by atoms with Crippen LogP contribution in [0.15, 0.2) is 131 Å². The smallest absolute Gasteiger partial charge is 0.870 e. The molecule has 8 aromatic rings. The van der Waals surface area contributed by atoms with Gasteiger partial charge in [-0.05, 0) is 150 Å². The van der Waals surface area contributed by atoms with Crippen LogP contribution in [0.1, 0.15) is 140 Å². The molecule has 4 aromatic heterocycles. The number of aromatic nitrogens is 6. The largest absolute Gasteiger partial charge is 1.00 e. The Bertz CT molecular complexity index is 3780. The van der Waals surface area contributed by atoms with Crippen LogP contribution in [0.2, 0.25) is 0 Å². The number of carbonyl (C=O) groups excluding carboxylic acids is 1. The number of hydrogen-bond donors (Lipinski definition) is 5. The topological polar surface area (TPSA) is 290 Å². The summed E-state index contributed by atoms with van der Waals surface area (Å²) in [6, 6.07) is 32.7. The molecule has 0 atom stereocenters. The summed E-state index contributed by atoms with van der Waals surface area (Å²) in [5, 5.41) is 23.7. The molecule has 0 unspecified atom stereocenters. The van der Waals surface area contributed by atoms with E-state index in [0.717, 1.165) is 130 Å². The summed E-state index contributed by atoms with van der Waals surface area (Å²) < 4.78 is 73.4. The minimum Gasteiger partial charge on any atom is -0.870 e. The second-order valence-corrected chi connectivity index (χ2v) is 26.0. The van der Waals surface area contributed by atoms with Crippen LogP contribution in [-0.4, -0.2) is 99.6 Å². The molecule has 0 aliphatic heterocycles. The van der Waals surface area contributed by atoms with Crippen LogP contribution in [0.4, 0.5) is 34.9 Å². The van der Waals surface area contributed by atoms with Crippen LogP contribution < -0.4 is 49.6 Å². The second kappa shape index (κ2) is 33.2. The van der Waals surface area contributed by atoms with Crippen molar-refractivity contribution in [1.29, 1.82) is 0 Å². The summed E-state index contributed by atoms with van der Waals surface area (Å²) in [5.74, 6) is 2.38. The van der Waals surface area contributed by atoms with Gasteiger partial charge in [0.15, 0.2) is 11.3 Å². The van der Waals surface area contributed by atoms with E-state index < -0.39 is 26.0 Å². The van der Waals surface area contributed by atoms with Crippen molar-refractivity contribution in [3.8, 4) is 11.5 Å². The van der Waals surface area contributed by atoms with Crippen molar-refractivity contribution < 1.29 is 70.1 Å². The van der Waals surface area contributed by atoms with Gasteiger partial charge in [-0.15, -0.1) is 0 Å². The maximum atomic E-state index is 13.7. The molecule has 6 N–H and O–H groups in total. The maximum Gasteiger partial charge on any atom is 1.00 e. The van der Waals surface area contributed by atoms with Gasteiger partial charge in [-0.25, -0.2) is 24.8 Å². The van der Waals surface area contributed by atoms with Gasteiger partial charge >= 0.3 is 30.8 Å². The molecule has 4 aromatic carbocycles. The first kappa shape index (κ1) is 68.8. The number of benzene rings is 4. The van der Waals surface area contributed by atoms with Crippen LogP contribution in [0, 0.1) is 13.8 Å². The normalized spacial score (nSPS) is 13.7. The van der Waals surface area contributed by atoms with Crippen molar-refractivity contribution in [2.24, 2.45) is 0 Å². The molecule has 470 valence electrons. The molecule has 0 bridgehead atoms. The van der Waals surface area contributed by atoms with E-state index in [2.05, 4.69) is 36.0 Å². The average Bonchev–Trinajstić information content (AvgIpc) is 1.78. The number of nitrogens with zero attached hydrogens (tertiary/aromatic N) is 6. The quantitative estimate of drug-likeness (QED) is 0.0173. The third-order valence-electron chi connectivity index (χ3n) is 15.6. The average molecular weight is 1250 g/mol. The van der Waals surface area contributed by atoms with Crippen LogP contribution >= 0.6 is 0 Å². The number of nitrogens with one attached hydrogen (secondary N) is 4. The molecule has 0 radical (unpaired) electrons. The monoisotopic (exact) mass is 1250 g/mol. The van der Waals surface area contributed by atoms with Gasteiger partial charge < -0.3 is 46.1 Å². The molecule has 24 heteroatoms. The minimum absolute atomic E-state index is 0. The number of anilines is 6. The summed E-state index contributed by atoms with van der Waals surface area (Å²) >= 11 is 0. The number of aryl methyl sites for hydroxylation is 2. The summed E-state index contributed by atoms with van der Waals surface area (Å²) in [4.78, 5) is 41.1. The van der Waals surface area contributed by atoms with Crippen molar-refractivity contribution in [2.75, 3.05) is 41.6 Å². The van der Waals surface area contributed by atoms with E-state index in [1.807, 2.05) is 62.4 Å². The predicted octanol–water partition coefficient (Wildman–Crippen LogP) is 10.7. The number of hydrogen-bond acceptors (Lipinski definition) is 18. The summed E-state index contributed by atoms with van der Waals surface area (Å²) in [7, 11) is -6.34. The molecule has 2 fully saturated rings. The Labute approximate surface area is 533 Å². The number of fused-ring (bicyclic) bond motifs is 2. The summed E-state index contributed by atoms with van der Waals surface area (Å²) in [6.07, 6.45) is 22.0. The number of unbranched alkanes of at least 4 members (excludes halogenated alkanes) is 6. The fourth-order valence-corrected chi connectivity index (χ4v) is 13.3. The van der Waals surface area contributed by atoms with Gasteiger partial charge in [0.05, 0.1) is 40.9 Å². The van der Waals surface area contributed by atoms with Gasteiger partial charge in [0.25, 0.3) is 20.0 Å². The molecule has 89 heavy (non-hydrogen) atoms. The molecule has 2 saturated carbocycles. The minimum atomic E-state index is -3.88. The van der Waals surface area contributed by atoms with Crippen LogP contribution in [0.5, 0.6) is 11.5 Å². The first-order valence-electron chi connectivity index (χ1n) is 30.4. The van der Waals surface area contributed by atoms with Crippen molar-refractivity contribution in [1.82, 2.24) is 27.9 Å². The standard InChI is InChI=1S/C33H41N5O5S.C32H39N5O5S.Li.H2O/c1-24-13-19-28(20-14-24)44(40,41)38-22-21-29-31(34-25-10-6-5-7-11-25)36-33(37-32(29)38)35-26-15-17-27(18-16-26)43-23-9-4-3-8-12-30(39)42-2;1-23-12-18-27(19-13-23)43(40,41)37-21-20-28-30(33-24-9-5-4-6-10-24)35-32(36-31(28)37)34-25-14-16-26(17-15-25)42-22-8-3-2-7-11-29(38)39;;/h13-22,25H,3-12,23H2,1-2H3,(H2,34,35,36,37);12-21,24H,2-11,22H2,1H3,(H,38,39)(H2,33,34,35,36);;1H2/q;;+1;/p-1. The van der Waals surface area contributed by atoms with Crippen LogP contribution in [-0.2, 0) is 34.4 Å². The first-order valence-corrected chi connectivity index (χ1v) is 33.2. The number of methoxy groups -OCH3 is 1. The Balaban J connectivity index is 0.000000248.